The number of hydrogen-bond acceptors (Lipinski definition) is 2. The van der Waals surface area contributed by atoms with Crippen LogP contribution in [0.4, 0.5) is 0 Å². The molecule has 3 rings (SSSR count). The molecule has 1 unspecified atom stereocenters. The van der Waals surface area contributed by atoms with Crippen LogP contribution in [-0.4, -0.2) is 30.2 Å². The first-order valence-corrected chi connectivity index (χ1v) is 7.32. The van der Waals surface area contributed by atoms with Gasteiger partial charge in [-0.3, -0.25) is 4.79 Å². The zero-order valence-corrected chi connectivity index (χ0v) is 11.9. The van der Waals surface area contributed by atoms with Gasteiger partial charge in [-0.25, -0.2) is 0 Å². The van der Waals surface area contributed by atoms with Crippen LogP contribution in [0.5, 0.6) is 0 Å². The fraction of sp³-hybridized carbons (Fsp3) is 0.278. The van der Waals surface area contributed by atoms with Gasteiger partial charge in [0.2, 0.25) is 5.91 Å². The quantitative estimate of drug-likeness (QED) is 0.862. The Hall–Kier alpha value is -2.13. The summed E-state index contributed by atoms with van der Waals surface area (Å²) in [4.78, 5) is 14.3. The molecule has 108 valence electrons. The zero-order chi connectivity index (χ0) is 14.5. The number of carbonyl (C=O) groups is 1. The van der Waals surface area contributed by atoms with E-state index >= 15 is 0 Å². The van der Waals surface area contributed by atoms with Gasteiger partial charge in [0.1, 0.15) is 6.23 Å². The van der Waals surface area contributed by atoms with Gasteiger partial charge in [0.25, 0.3) is 0 Å². The van der Waals surface area contributed by atoms with E-state index in [0.717, 1.165) is 12.0 Å². The summed E-state index contributed by atoms with van der Waals surface area (Å²) in [6, 6.07) is 20.0. The number of benzene rings is 2. The van der Waals surface area contributed by atoms with Crippen molar-refractivity contribution in [1.82, 2.24) is 4.90 Å². The normalized spacial score (nSPS) is 17.9. The van der Waals surface area contributed by atoms with Crippen molar-refractivity contribution in [2.24, 2.45) is 0 Å². The Bertz CT molecular complexity index is 583. The van der Waals surface area contributed by atoms with Crippen molar-refractivity contribution in [2.45, 2.75) is 19.1 Å². The summed E-state index contributed by atoms with van der Waals surface area (Å²) in [5.74, 6) is 0.139. The molecule has 1 fully saturated rings. The third-order valence-electron chi connectivity index (χ3n) is 3.76. The summed E-state index contributed by atoms with van der Waals surface area (Å²) >= 11 is 0. The van der Waals surface area contributed by atoms with E-state index in [-0.39, 0.29) is 12.1 Å². The van der Waals surface area contributed by atoms with Crippen molar-refractivity contribution in [1.29, 1.82) is 0 Å². The first-order valence-electron chi connectivity index (χ1n) is 7.32. The number of nitrogens with zero attached hydrogens (tertiary/aromatic N) is 1. The Balaban J connectivity index is 1.65. The maximum Gasteiger partial charge on any atom is 0.229 e. The molecule has 1 heterocycles. The van der Waals surface area contributed by atoms with Crippen molar-refractivity contribution >= 4 is 5.91 Å². The third kappa shape index (κ3) is 3.50. The molecule has 1 amide bonds. The van der Waals surface area contributed by atoms with Gasteiger partial charge >= 0.3 is 0 Å². The van der Waals surface area contributed by atoms with Crippen LogP contribution in [0.3, 0.4) is 0 Å². The molecule has 3 heteroatoms. The summed E-state index contributed by atoms with van der Waals surface area (Å²) in [6.07, 6.45) is 1.06. The average molecular weight is 281 g/mol. The molecule has 0 N–H and O–H groups in total. The second kappa shape index (κ2) is 6.55. The van der Waals surface area contributed by atoms with E-state index in [1.807, 2.05) is 53.4 Å². The van der Waals surface area contributed by atoms with Crippen LogP contribution >= 0.6 is 0 Å². The average Bonchev–Trinajstić information content (AvgIpc) is 2.97. The largest absolute Gasteiger partial charge is 0.356 e. The Kier molecular flexibility index (Phi) is 4.31. The topological polar surface area (TPSA) is 29.5 Å². The highest BCUT2D eigenvalue weighted by molar-refractivity contribution is 5.79. The summed E-state index contributed by atoms with van der Waals surface area (Å²) in [7, 11) is 0. The molecule has 0 saturated carbocycles. The SMILES string of the molecule is O=C(Cc1ccccc1)N1CCOC1Cc1ccccc1. The molecule has 3 nitrogen and oxygen atoms in total. The second-order valence-electron chi connectivity index (χ2n) is 5.26. The Morgan fingerprint density at radius 1 is 1.00 bits per heavy atom. The summed E-state index contributed by atoms with van der Waals surface area (Å²) in [5.41, 5.74) is 2.25. The van der Waals surface area contributed by atoms with E-state index in [2.05, 4.69) is 12.1 Å². The number of rotatable bonds is 4. The van der Waals surface area contributed by atoms with Gasteiger partial charge < -0.3 is 9.64 Å². The van der Waals surface area contributed by atoms with Crippen molar-refractivity contribution in [3.05, 3.63) is 71.8 Å². The highest BCUT2D eigenvalue weighted by Crippen LogP contribution is 2.17. The fourth-order valence-electron chi connectivity index (χ4n) is 2.66. The standard InChI is InChI=1S/C18H19NO2/c20-17(13-15-7-3-1-4-8-15)19-11-12-21-18(19)14-16-9-5-2-6-10-16/h1-10,18H,11-14H2. The molecule has 2 aromatic carbocycles. The molecule has 1 aliphatic heterocycles. The van der Waals surface area contributed by atoms with Crippen LogP contribution in [0.25, 0.3) is 0 Å². The monoisotopic (exact) mass is 281 g/mol. The van der Waals surface area contributed by atoms with Crippen molar-refractivity contribution in [3.63, 3.8) is 0 Å². The minimum Gasteiger partial charge on any atom is -0.356 e. The third-order valence-corrected chi connectivity index (χ3v) is 3.76. The lowest BCUT2D eigenvalue weighted by molar-refractivity contribution is -0.135. The van der Waals surface area contributed by atoms with Gasteiger partial charge in [-0.15, -0.1) is 0 Å². The maximum atomic E-state index is 12.5. The molecule has 0 radical (unpaired) electrons. The van der Waals surface area contributed by atoms with Gasteiger partial charge in [-0.1, -0.05) is 60.7 Å². The molecular weight excluding hydrogens is 262 g/mol. The molecule has 1 saturated heterocycles. The van der Waals surface area contributed by atoms with Gasteiger partial charge in [-0.05, 0) is 11.1 Å². The summed E-state index contributed by atoms with van der Waals surface area (Å²) < 4.78 is 5.73. The van der Waals surface area contributed by atoms with Gasteiger partial charge in [0.05, 0.1) is 13.0 Å². The van der Waals surface area contributed by atoms with E-state index in [0.29, 0.717) is 19.6 Å². The molecule has 0 aliphatic carbocycles. The molecule has 0 aromatic heterocycles. The first kappa shape index (κ1) is 13.8. The number of hydrogen-bond donors (Lipinski definition) is 0. The minimum absolute atomic E-state index is 0.136. The Morgan fingerprint density at radius 2 is 1.62 bits per heavy atom. The molecule has 0 bridgehead atoms. The number of carbonyl (C=O) groups excluding carboxylic acids is 1. The van der Waals surface area contributed by atoms with Gasteiger partial charge in [0.15, 0.2) is 0 Å². The predicted octanol–water partition coefficient (Wildman–Crippen LogP) is 2.66. The first-order chi connectivity index (χ1) is 10.3. The van der Waals surface area contributed by atoms with E-state index in [9.17, 15) is 4.79 Å². The Labute approximate surface area is 125 Å². The fourth-order valence-corrected chi connectivity index (χ4v) is 2.66. The smallest absolute Gasteiger partial charge is 0.229 e. The van der Waals surface area contributed by atoms with E-state index < -0.39 is 0 Å². The lowest BCUT2D eigenvalue weighted by atomic mass is 10.1. The van der Waals surface area contributed by atoms with Crippen LogP contribution in [0.1, 0.15) is 11.1 Å². The van der Waals surface area contributed by atoms with E-state index in [4.69, 9.17) is 4.74 Å². The van der Waals surface area contributed by atoms with Crippen molar-refractivity contribution in [3.8, 4) is 0 Å². The zero-order valence-electron chi connectivity index (χ0n) is 11.9. The van der Waals surface area contributed by atoms with Crippen LogP contribution in [-0.2, 0) is 22.4 Å². The molecular formula is C18H19NO2. The molecule has 1 atom stereocenters. The van der Waals surface area contributed by atoms with Gasteiger partial charge in [-0.2, -0.15) is 0 Å². The van der Waals surface area contributed by atoms with E-state index in [1.165, 1.54) is 5.56 Å². The second-order valence-corrected chi connectivity index (χ2v) is 5.26. The molecule has 2 aromatic rings. The summed E-state index contributed by atoms with van der Waals surface area (Å²) in [6.45, 7) is 1.31. The Morgan fingerprint density at radius 3 is 2.29 bits per heavy atom. The van der Waals surface area contributed by atoms with Crippen molar-refractivity contribution in [2.75, 3.05) is 13.2 Å². The molecule has 0 spiro atoms. The van der Waals surface area contributed by atoms with Crippen LogP contribution in [0.2, 0.25) is 0 Å². The molecule has 21 heavy (non-hydrogen) atoms. The molecule has 1 aliphatic rings. The number of ether oxygens (including phenoxy) is 1. The lowest BCUT2D eigenvalue weighted by Crippen LogP contribution is -2.38. The lowest BCUT2D eigenvalue weighted by Gasteiger charge is -2.23. The highest BCUT2D eigenvalue weighted by Gasteiger charge is 2.29. The van der Waals surface area contributed by atoms with Gasteiger partial charge in [0, 0.05) is 13.0 Å². The van der Waals surface area contributed by atoms with Crippen LogP contribution < -0.4 is 0 Å². The number of amides is 1. The predicted molar refractivity (Wildman–Crippen MR) is 81.7 cm³/mol. The van der Waals surface area contributed by atoms with Crippen molar-refractivity contribution < 1.29 is 9.53 Å². The van der Waals surface area contributed by atoms with E-state index in [1.54, 1.807) is 0 Å². The van der Waals surface area contributed by atoms with Crippen LogP contribution in [0.15, 0.2) is 60.7 Å². The maximum absolute atomic E-state index is 12.5. The van der Waals surface area contributed by atoms with Crippen LogP contribution in [0, 0.1) is 0 Å². The highest BCUT2D eigenvalue weighted by atomic mass is 16.5. The summed E-state index contributed by atoms with van der Waals surface area (Å²) in [5, 5.41) is 0. The minimum atomic E-state index is -0.136.